The van der Waals surface area contributed by atoms with Gasteiger partial charge in [-0.3, -0.25) is 5.01 Å². The molecular weight excluding hydrogens is 536 g/mol. The molecule has 1 N–H and O–H groups in total. The summed E-state index contributed by atoms with van der Waals surface area (Å²) in [6.45, 7) is 5.50. The molecule has 0 bridgehead atoms. The lowest BCUT2D eigenvalue weighted by atomic mass is 9.86. The molecule has 1 aliphatic rings. The molecule has 0 radical (unpaired) electrons. The average molecular weight is 581 g/mol. The number of hydrogen-bond donors (Lipinski definition) is 1. The van der Waals surface area contributed by atoms with E-state index >= 15 is 0 Å². The SMILES string of the molecule is CC/C=C1/C=CC(C(c2ccccc2)c2ccccc2)=NN1CCOc1cccc(SCCC/C(O)=C\CCCC)c1. The summed E-state index contributed by atoms with van der Waals surface area (Å²) in [5, 5.41) is 17.3. The lowest BCUT2D eigenvalue weighted by Crippen LogP contribution is -2.28. The maximum Gasteiger partial charge on any atom is 0.120 e. The molecule has 1 aliphatic heterocycles. The fourth-order valence-electron chi connectivity index (χ4n) is 4.95. The third-order valence-electron chi connectivity index (χ3n) is 7.09. The summed E-state index contributed by atoms with van der Waals surface area (Å²) >= 11 is 1.80. The minimum absolute atomic E-state index is 0.0534. The molecule has 0 saturated heterocycles. The van der Waals surface area contributed by atoms with Gasteiger partial charge in [0.25, 0.3) is 0 Å². The van der Waals surface area contributed by atoms with E-state index in [4.69, 9.17) is 9.84 Å². The molecule has 3 aromatic rings. The van der Waals surface area contributed by atoms with E-state index in [0.29, 0.717) is 18.9 Å². The topological polar surface area (TPSA) is 45.1 Å². The van der Waals surface area contributed by atoms with Gasteiger partial charge in [0.15, 0.2) is 0 Å². The van der Waals surface area contributed by atoms with Crippen LogP contribution in [0.3, 0.4) is 0 Å². The van der Waals surface area contributed by atoms with Gasteiger partial charge in [-0.2, -0.15) is 5.10 Å². The van der Waals surface area contributed by atoms with Crippen molar-refractivity contribution in [3.8, 4) is 5.75 Å². The standard InChI is InChI=1S/C37H44N2O2S/c1-3-5-8-20-33(40)21-14-28-42-35-23-13-22-34(29-35)41-27-26-39-32(15-4-2)24-25-36(38-39)37(30-16-9-6-10-17-30)31-18-11-7-12-19-31/h6-7,9-13,15-20,22-25,29,37,40H,3-5,8,14,21,26-28H2,1-2H3/b32-15-,33-20+. The van der Waals surface area contributed by atoms with Gasteiger partial charge < -0.3 is 9.84 Å². The minimum Gasteiger partial charge on any atom is -0.513 e. The van der Waals surface area contributed by atoms with Crippen LogP contribution in [0.25, 0.3) is 0 Å². The van der Waals surface area contributed by atoms with E-state index in [0.717, 1.165) is 61.4 Å². The van der Waals surface area contributed by atoms with E-state index in [1.165, 1.54) is 16.0 Å². The Labute approximate surface area is 256 Å². The first-order valence-electron chi connectivity index (χ1n) is 15.3. The van der Waals surface area contributed by atoms with Crippen molar-refractivity contribution < 1.29 is 9.84 Å². The maximum absolute atomic E-state index is 10.0. The second kappa shape index (κ2) is 17.3. The van der Waals surface area contributed by atoms with Crippen LogP contribution in [0, 0.1) is 0 Å². The highest BCUT2D eigenvalue weighted by Gasteiger charge is 2.23. The van der Waals surface area contributed by atoms with Crippen LogP contribution in [-0.2, 0) is 0 Å². The Morgan fingerprint density at radius 1 is 0.929 bits per heavy atom. The number of hydrogen-bond acceptors (Lipinski definition) is 5. The molecule has 4 nitrogen and oxygen atoms in total. The van der Waals surface area contributed by atoms with Crippen molar-refractivity contribution in [1.29, 1.82) is 0 Å². The average Bonchev–Trinajstić information content (AvgIpc) is 3.02. The molecule has 1 heterocycles. The number of allylic oxidation sites excluding steroid dienone is 5. The monoisotopic (exact) mass is 580 g/mol. The maximum atomic E-state index is 10.0. The van der Waals surface area contributed by atoms with Gasteiger partial charge in [0, 0.05) is 11.3 Å². The third kappa shape index (κ3) is 9.70. The van der Waals surface area contributed by atoms with Crippen LogP contribution in [0.1, 0.15) is 69.4 Å². The molecule has 0 aromatic heterocycles. The molecule has 0 fully saturated rings. The zero-order chi connectivity index (χ0) is 29.4. The van der Waals surface area contributed by atoms with Crippen molar-refractivity contribution >= 4 is 17.5 Å². The first-order chi connectivity index (χ1) is 20.7. The molecule has 3 aromatic carbocycles. The number of rotatable bonds is 16. The number of ether oxygens (including phenoxy) is 1. The molecule has 42 heavy (non-hydrogen) atoms. The van der Waals surface area contributed by atoms with Gasteiger partial charge in [0.1, 0.15) is 12.4 Å². The molecule has 5 heteroatoms. The van der Waals surface area contributed by atoms with E-state index in [1.54, 1.807) is 11.8 Å². The molecule has 0 spiro atoms. The van der Waals surface area contributed by atoms with Crippen molar-refractivity contribution in [2.24, 2.45) is 5.10 Å². The molecule has 0 aliphatic carbocycles. The molecule has 0 amide bonds. The Balaban J connectivity index is 1.37. The quantitative estimate of drug-likeness (QED) is 0.104. The largest absolute Gasteiger partial charge is 0.513 e. The summed E-state index contributed by atoms with van der Waals surface area (Å²) in [5.74, 6) is 2.40. The van der Waals surface area contributed by atoms with E-state index in [-0.39, 0.29) is 5.92 Å². The molecule has 0 unspecified atom stereocenters. The molecule has 4 rings (SSSR count). The predicted molar refractivity (Wildman–Crippen MR) is 179 cm³/mol. The van der Waals surface area contributed by atoms with Crippen molar-refractivity contribution in [3.05, 3.63) is 132 Å². The van der Waals surface area contributed by atoms with Crippen LogP contribution in [-0.4, -0.2) is 34.7 Å². The first-order valence-corrected chi connectivity index (χ1v) is 16.2. The van der Waals surface area contributed by atoms with Crippen molar-refractivity contribution in [3.63, 3.8) is 0 Å². The van der Waals surface area contributed by atoms with Gasteiger partial charge in [-0.05, 0) is 79.0 Å². The number of aliphatic hydroxyl groups is 1. The number of unbranched alkanes of at least 4 members (excludes halogenated alkanes) is 2. The van der Waals surface area contributed by atoms with E-state index in [9.17, 15) is 5.11 Å². The highest BCUT2D eigenvalue weighted by Crippen LogP contribution is 2.30. The van der Waals surface area contributed by atoms with Crippen LogP contribution in [0.4, 0.5) is 0 Å². The van der Waals surface area contributed by atoms with E-state index in [1.807, 2.05) is 18.2 Å². The normalized spacial score (nSPS) is 14.5. The number of thioether (sulfide) groups is 1. The van der Waals surface area contributed by atoms with E-state index in [2.05, 4.69) is 110 Å². The molecule has 220 valence electrons. The summed E-state index contributed by atoms with van der Waals surface area (Å²) in [4.78, 5) is 1.18. The summed E-state index contributed by atoms with van der Waals surface area (Å²) in [7, 11) is 0. The number of hydrazone groups is 1. The summed E-state index contributed by atoms with van der Waals surface area (Å²) in [5.41, 5.74) is 4.57. The number of aliphatic hydroxyl groups excluding tert-OH is 1. The second-order valence-corrected chi connectivity index (χ2v) is 11.6. The smallest absolute Gasteiger partial charge is 0.120 e. The van der Waals surface area contributed by atoms with Crippen LogP contribution in [0.5, 0.6) is 5.75 Å². The van der Waals surface area contributed by atoms with Crippen LogP contribution >= 0.6 is 11.8 Å². The summed E-state index contributed by atoms with van der Waals surface area (Å²) in [6.07, 6.45) is 14.4. The van der Waals surface area contributed by atoms with Gasteiger partial charge in [0.2, 0.25) is 0 Å². The Morgan fingerprint density at radius 2 is 1.67 bits per heavy atom. The van der Waals surface area contributed by atoms with Crippen molar-refractivity contribution in [2.75, 3.05) is 18.9 Å². The van der Waals surface area contributed by atoms with Gasteiger partial charge >= 0.3 is 0 Å². The van der Waals surface area contributed by atoms with Crippen LogP contribution in [0.15, 0.2) is 131 Å². The highest BCUT2D eigenvalue weighted by atomic mass is 32.2. The second-order valence-electron chi connectivity index (χ2n) is 10.4. The number of benzene rings is 3. The zero-order valence-corrected chi connectivity index (χ0v) is 25.8. The summed E-state index contributed by atoms with van der Waals surface area (Å²) < 4.78 is 6.22. The molecular formula is C37H44N2O2S. The molecule has 0 atom stereocenters. The van der Waals surface area contributed by atoms with Crippen LogP contribution in [0.2, 0.25) is 0 Å². The van der Waals surface area contributed by atoms with Gasteiger partial charge in [-0.15, -0.1) is 11.8 Å². The van der Waals surface area contributed by atoms with Crippen molar-refractivity contribution in [1.82, 2.24) is 5.01 Å². The van der Waals surface area contributed by atoms with Gasteiger partial charge in [-0.25, -0.2) is 0 Å². The van der Waals surface area contributed by atoms with E-state index < -0.39 is 0 Å². The highest BCUT2D eigenvalue weighted by molar-refractivity contribution is 7.99. The van der Waals surface area contributed by atoms with Crippen LogP contribution < -0.4 is 4.74 Å². The lowest BCUT2D eigenvalue weighted by molar-refractivity contribution is 0.250. The Morgan fingerprint density at radius 3 is 2.36 bits per heavy atom. The number of nitrogens with zero attached hydrogens (tertiary/aromatic N) is 2. The van der Waals surface area contributed by atoms with Gasteiger partial charge in [0.05, 0.1) is 29.6 Å². The van der Waals surface area contributed by atoms with Gasteiger partial charge in [-0.1, -0.05) is 93.1 Å². The minimum atomic E-state index is 0.0534. The fraction of sp³-hybridized carbons (Fsp3) is 0.324. The zero-order valence-electron chi connectivity index (χ0n) is 25.0. The summed E-state index contributed by atoms with van der Waals surface area (Å²) in [6, 6.07) is 29.5. The lowest BCUT2D eigenvalue weighted by Gasteiger charge is -2.28. The molecule has 0 saturated carbocycles. The Hall–Kier alpha value is -3.70. The van der Waals surface area contributed by atoms with Crippen molar-refractivity contribution in [2.45, 2.75) is 63.2 Å². The fourth-order valence-corrected chi connectivity index (χ4v) is 5.85. The first kappa shape index (κ1) is 31.2. The predicted octanol–water partition coefficient (Wildman–Crippen LogP) is 9.92. The third-order valence-corrected chi connectivity index (χ3v) is 8.17. The Bertz CT molecular complexity index is 1310. The Kier molecular flexibility index (Phi) is 12.9.